The first kappa shape index (κ1) is 15.7. The first-order valence-electron chi connectivity index (χ1n) is 7.53. The van der Waals surface area contributed by atoms with Crippen molar-refractivity contribution in [3.63, 3.8) is 0 Å². The van der Waals surface area contributed by atoms with E-state index in [1.165, 1.54) is 0 Å². The molecule has 0 bridgehead atoms. The molecule has 2 aliphatic rings. The molecule has 5 nitrogen and oxygen atoms in total. The van der Waals surface area contributed by atoms with Crippen LogP contribution in [0.5, 0.6) is 0 Å². The van der Waals surface area contributed by atoms with Crippen LogP contribution in [0.15, 0.2) is 0 Å². The fraction of sp³-hybridized carbons (Fsp3) is 0.857. The van der Waals surface area contributed by atoms with Gasteiger partial charge in [-0.05, 0) is 19.3 Å². The maximum atomic E-state index is 12.4. The molecule has 2 rings (SSSR count). The predicted octanol–water partition coefficient (Wildman–Crippen LogP) is 0.622. The minimum Gasteiger partial charge on any atom is -0.392 e. The Kier molecular flexibility index (Phi) is 5.74. The molecule has 2 saturated heterocycles. The summed E-state index contributed by atoms with van der Waals surface area (Å²) in [4.78, 5) is 17.2. The molecule has 2 heterocycles. The van der Waals surface area contributed by atoms with Crippen LogP contribution < -0.4 is 5.73 Å². The highest BCUT2D eigenvalue weighted by Crippen LogP contribution is 2.18. The third-order valence-corrected chi connectivity index (χ3v) is 4.56. The number of nitrogens with zero attached hydrogens (tertiary/aromatic N) is 2. The molecule has 20 heavy (non-hydrogen) atoms. The Morgan fingerprint density at radius 1 is 1.40 bits per heavy atom. The summed E-state index contributed by atoms with van der Waals surface area (Å²) < 4.78 is 5.41. The van der Waals surface area contributed by atoms with Gasteiger partial charge in [-0.15, -0.1) is 0 Å². The number of piperazine rings is 1. The SMILES string of the molecule is CCC(C(N)=S)N1CCN(C(=O)C2CCCOC2)CC1. The third-order valence-electron chi connectivity index (χ3n) is 4.29. The van der Waals surface area contributed by atoms with Gasteiger partial charge in [0.2, 0.25) is 5.91 Å². The summed E-state index contributed by atoms with van der Waals surface area (Å²) >= 11 is 5.12. The van der Waals surface area contributed by atoms with Gasteiger partial charge >= 0.3 is 0 Å². The van der Waals surface area contributed by atoms with Crippen molar-refractivity contribution in [3.05, 3.63) is 0 Å². The Balaban J connectivity index is 1.84. The van der Waals surface area contributed by atoms with Gasteiger partial charge in [0.1, 0.15) is 0 Å². The molecular formula is C14H25N3O2S. The van der Waals surface area contributed by atoms with E-state index in [2.05, 4.69) is 11.8 Å². The van der Waals surface area contributed by atoms with Crippen molar-refractivity contribution in [2.75, 3.05) is 39.4 Å². The summed E-state index contributed by atoms with van der Waals surface area (Å²) in [5, 5.41) is 0. The summed E-state index contributed by atoms with van der Waals surface area (Å²) in [7, 11) is 0. The average molecular weight is 299 g/mol. The zero-order chi connectivity index (χ0) is 14.5. The summed E-state index contributed by atoms with van der Waals surface area (Å²) in [5.74, 6) is 0.320. The molecule has 114 valence electrons. The van der Waals surface area contributed by atoms with Crippen molar-refractivity contribution in [2.45, 2.75) is 32.2 Å². The molecule has 2 unspecified atom stereocenters. The normalized spacial score (nSPS) is 26.2. The zero-order valence-electron chi connectivity index (χ0n) is 12.2. The van der Waals surface area contributed by atoms with E-state index in [0.29, 0.717) is 11.6 Å². The van der Waals surface area contributed by atoms with Gasteiger partial charge in [0.15, 0.2) is 0 Å². The number of thiocarbonyl (C=S) groups is 1. The largest absolute Gasteiger partial charge is 0.392 e. The molecule has 0 saturated carbocycles. The van der Waals surface area contributed by atoms with Crippen molar-refractivity contribution < 1.29 is 9.53 Å². The molecule has 2 fully saturated rings. The summed E-state index contributed by atoms with van der Waals surface area (Å²) in [6, 6.07) is 0.167. The monoisotopic (exact) mass is 299 g/mol. The lowest BCUT2D eigenvalue weighted by molar-refractivity contribution is -0.141. The summed E-state index contributed by atoms with van der Waals surface area (Å²) in [6.45, 7) is 6.74. The minimum atomic E-state index is 0.0628. The highest BCUT2D eigenvalue weighted by atomic mass is 32.1. The van der Waals surface area contributed by atoms with Crippen LogP contribution in [-0.4, -0.2) is 66.1 Å². The van der Waals surface area contributed by atoms with Crippen LogP contribution >= 0.6 is 12.2 Å². The topological polar surface area (TPSA) is 58.8 Å². The molecule has 0 aliphatic carbocycles. The lowest BCUT2D eigenvalue weighted by Gasteiger charge is -2.40. The first-order chi connectivity index (χ1) is 9.63. The minimum absolute atomic E-state index is 0.0628. The number of carbonyl (C=O) groups excluding carboxylic acids is 1. The molecule has 0 aromatic carbocycles. The Bertz CT molecular complexity index is 350. The van der Waals surface area contributed by atoms with E-state index in [-0.39, 0.29) is 17.9 Å². The van der Waals surface area contributed by atoms with Gasteiger partial charge in [-0.2, -0.15) is 0 Å². The molecule has 2 atom stereocenters. The van der Waals surface area contributed by atoms with Crippen LogP contribution in [-0.2, 0) is 9.53 Å². The molecule has 2 aliphatic heterocycles. The van der Waals surface area contributed by atoms with Gasteiger partial charge in [0, 0.05) is 32.8 Å². The van der Waals surface area contributed by atoms with E-state index >= 15 is 0 Å². The van der Waals surface area contributed by atoms with Gasteiger partial charge in [0.25, 0.3) is 0 Å². The Labute approximate surface area is 126 Å². The fourth-order valence-corrected chi connectivity index (χ4v) is 3.40. The highest BCUT2D eigenvalue weighted by Gasteiger charge is 2.30. The van der Waals surface area contributed by atoms with Crippen molar-refractivity contribution >= 4 is 23.1 Å². The number of hydrogen-bond acceptors (Lipinski definition) is 4. The lowest BCUT2D eigenvalue weighted by Crippen LogP contribution is -2.55. The maximum absolute atomic E-state index is 12.4. The van der Waals surface area contributed by atoms with Crippen molar-refractivity contribution in [2.24, 2.45) is 11.7 Å². The number of ether oxygens (including phenoxy) is 1. The Morgan fingerprint density at radius 3 is 2.60 bits per heavy atom. The van der Waals surface area contributed by atoms with E-state index in [1.54, 1.807) is 0 Å². The van der Waals surface area contributed by atoms with Crippen molar-refractivity contribution in [1.82, 2.24) is 9.80 Å². The van der Waals surface area contributed by atoms with Gasteiger partial charge in [-0.1, -0.05) is 19.1 Å². The van der Waals surface area contributed by atoms with Gasteiger partial charge < -0.3 is 15.4 Å². The second-order valence-electron chi connectivity index (χ2n) is 5.60. The zero-order valence-corrected chi connectivity index (χ0v) is 13.0. The van der Waals surface area contributed by atoms with Crippen LogP contribution in [0, 0.1) is 5.92 Å². The van der Waals surface area contributed by atoms with E-state index in [0.717, 1.165) is 52.0 Å². The first-order valence-corrected chi connectivity index (χ1v) is 7.94. The predicted molar refractivity (Wildman–Crippen MR) is 82.6 cm³/mol. The van der Waals surface area contributed by atoms with E-state index in [1.807, 2.05) is 4.90 Å². The maximum Gasteiger partial charge on any atom is 0.228 e. The van der Waals surface area contributed by atoms with E-state index in [4.69, 9.17) is 22.7 Å². The molecule has 0 aromatic rings. The molecule has 6 heteroatoms. The van der Waals surface area contributed by atoms with Gasteiger partial charge in [-0.25, -0.2) is 0 Å². The number of rotatable bonds is 4. The van der Waals surface area contributed by atoms with Crippen LogP contribution in [0.3, 0.4) is 0 Å². The second-order valence-corrected chi connectivity index (χ2v) is 6.07. The Hall–Kier alpha value is -0.720. The smallest absolute Gasteiger partial charge is 0.228 e. The average Bonchev–Trinajstić information content (AvgIpc) is 2.48. The number of carbonyl (C=O) groups is 1. The van der Waals surface area contributed by atoms with Crippen LogP contribution in [0.2, 0.25) is 0 Å². The molecule has 0 spiro atoms. The van der Waals surface area contributed by atoms with E-state index in [9.17, 15) is 4.79 Å². The lowest BCUT2D eigenvalue weighted by atomic mass is 10.00. The molecule has 0 radical (unpaired) electrons. The van der Waals surface area contributed by atoms with Crippen LogP contribution in [0.1, 0.15) is 26.2 Å². The fourth-order valence-electron chi connectivity index (χ4n) is 3.09. The number of amides is 1. The molecule has 2 N–H and O–H groups in total. The van der Waals surface area contributed by atoms with Gasteiger partial charge in [0.05, 0.1) is 23.6 Å². The quantitative estimate of drug-likeness (QED) is 0.771. The summed E-state index contributed by atoms with van der Waals surface area (Å²) in [5.41, 5.74) is 5.78. The standard InChI is InChI=1S/C14H25N3O2S/c1-2-12(13(15)20)16-5-7-17(8-6-16)14(18)11-4-3-9-19-10-11/h11-12H,2-10H2,1H3,(H2,15,20). The van der Waals surface area contributed by atoms with Crippen molar-refractivity contribution in [1.29, 1.82) is 0 Å². The van der Waals surface area contributed by atoms with Crippen molar-refractivity contribution in [3.8, 4) is 0 Å². The van der Waals surface area contributed by atoms with Crippen LogP contribution in [0.25, 0.3) is 0 Å². The van der Waals surface area contributed by atoms with E-state index < -0.39 is 0 Å². The molecule has 0 aromatic heterocycles. The number of nitrogens with two attached hydrogens (primary N) is 1. The Morgan fingerprint density at radius 2 is 2.10 bits per heavy atom. The molecule has 1 amide bonds. The van der Waals surface area contributed by atoms with Crippen LogP contribution in [0.4, 0.5) is 0 Å². The molecular weight excluding hydrogens is 274 g/mol. The summed E-state index contributed by atoms with van der Waals surface area (Å²) in [6.07, 6.45) is 2.89. The third kappa shape index (κ3) is 3.68. The number of hydrogen-bond donors (Lipinski definition) is 1. The highest BCUT2D eigenvalue weighted by molar-refractivity contribution is 7.80. The second kappa shape index (κ2) is 7.33. The van der Waals surface area contributed by atoms with Gasteiger partial charge in [-0.3, -0.25) is 9.69 Å².